The first-order chi connectivity index (χ1) is 9.58. The average molecular weight is 381 g/mol. The number of benzene rings is 1. The van der Waals surface area contributed by atoms with Crippen LogP contribution < -0.4 is 5.73 Å². The average Bonchev–Trinajstić information content (AvgIpc) is 2.78. The van der Waals surface area contributed by atoms with E-state index in [2.05, 4.69) is 32.7 Å². The molecule has 20 heavy (non-hydrogen) atoms. The van der Waals surface area contributed by atoms with Crippen molar-refractivity contribution in [2.45, 2.75) is 0 Å². The van der Waals surface area contributed by atoms with Crippen LogP contribution in [0.15, 0.2) is 36.7 Å². The van der Waals surface area contributed by atoms with Gasteiger partial charge in [0.1, 0.15) is 3.70 Å². The molecule has 1 aromatic carbocycles. The highest BCUT2D eigenvalue weighted by Crippen LogP contribution is 2.28. The number of halogens is 1. The number of nitrogens with two attached hydrogens (primary N) is 1. The van der Waals surface area contributed by atoms with Gasteiger partial charge in [0.2, 0.25) is 0 Å². The van der Waals surface area contributed by atoms with Gasteiger partial charge in [0.15, 0.2) is 0 Å². The van der Waals surface area contributed by atoms with E-state index in [4.69, 9.17) is 5.73 Å². The Morgan fingerprint density at radius 1 is 1.35 bits per heavy atom. The van der Waals surface area contributed by atoms with Crippen LogP contribution in [-0.4, -0.2) is 19.7 Å². The first kappa shape index (κ1) is 12.8. The number of non-ortho nitro benzene ring substituents is 1. The molecule has 0 aliphatic carbocycles. The fraction of sp³-hybridized carbons (Fsp3) is 0. The highest BCUT2D eigenvalue weighted by molar-refractivity contribution is 14.1. The van der Waals surface area contributed by atoms with Crippen molar-refractivity contribution in [1.29, 1.82) is 0 Å². The van der Waals surface area contributed by atoms with Gasteiger partial charge >= 0.3 is 0 Å². The summed E-state index contributed by atoms with van der Waals surface area (Å²) in [4.78, 5) is 14.5. The predicted molar refractivity (Wildman–Crippen MR) is 82.6 cm³/mol. The number of nitrogen functional groups attached to an aromatic ring is 1. The summed E-state index contributed by atoms with van der Waals surface area (Å²) in [5.74, 6) is 0. The largest absolute Gasteiger partial charge is 0.397 e. The molecule has 2 heterocycles. The molecule has 0 spiro atoms. The van der Waals surface area contributed by atoms with E-state index in [-0.39, 0.29) is 5.69 Å². The number of aromatic nitrogens is 3. The number of pyridine rings is 1. The number of nitro groups is 1. The van der Waals surface area contributed by atoms with Crippen LogP contribution >= 0.6 is 22.6 Å². The summed E-state index contributed by atoms with van der Waals surface area (Å²) >= 11 is 2.08. The van der Waals surface area contributed by atoms with Crippen LogP contribution in [0, 0.1) is 13.8 Å². The van der Waals surface area contributed by atoms with Crippen molar-refractivity contribution in [2.24, 2.45) is 0 Å². The fourth-order valence-corrected chi connectivity index (χ4v) is 2.78. The molecule has 0 unspecified atom stereocenters. The standard InChI is InChI=1S/C12H8IN5O2/c13-12-11-9(14)5-15-6-10(11)17(16-12)7-2-1-3-8(4-7)18(19)20/h1-6H,14H2. The minimum Gasteiger partial charge on any atom is -0.397 e. The third-order valence-corrected chi connectivity index (χ3v) is 3.62. The van der Waals surface area contributed by atoms with Crippen molar-refractivity contribution in [3.63, 3.8) is 0 Å². The molecule has 0 radical (unpaired) electrons. The second kappa shape index (κ2) is 4.71. The number of nitro benzene ring substituents is 1. The van der Waals surface area contributed by atoms with Crippen LogP contribution in [0.5, 0.6) is 0 Å². The van der Waals surface area contributed by atoms with Gasteiger partial charge in [-0.1, -0.05) is 6.07 Å². The van der Waals surface area contributed by atoms with E-state index in [1.807, 2.05) is 0 Å². The van der Waals surface area contributed by atoms with Crippen LogP contribution in [-0.2, 0) is 0 Å². The van der Waals surface area contributed by atoms with Gasteiger partial charge in [-0.25, -0.2) is 4.68 Å². The Labute approximate surface area is 126 Å². The molecule has 3 aromatic rings. The van der Waals surface area contributed by atoms with Gasteiger partial charge < -0.3 is 5.73 Å². The molecular formula is C12H8IN5O2. The first-order valence-electron chi connectivity index (χ1n) is 5.60. The van der Waals surface area contributed by atoms with E-state index in [0.29, 0.717) is 11.4 Å². The first-order valence-corrected chi connectivity index (χ1v) is 6.68. The van der Waals surface area contributed by atoms with Crippen LogP contribution in [0.3, 0.4) is 0 Å². The molecule has 7 nitrogen and oxygen atoms in total. The molecule has 100 valence electrons. The molecule has 0 aliphatic rings. The summed E-state index contributed by atoms with van der Waals surface area (Å²) in [5.41, 5.74) is 7.76. The smallest absolute Gasteiger partial charge is 0.271 e. The zero-order valence-corrected chi connectivity index (χ0v) is 12.2. The Balaban J connectivity index is 2.28. The third kappa shape index (κ3) is 1.97. The van der Waals surface area contributed by atoms with Crippen molar-refractivity contribution in [1.82, 2.24) is 14.8 Å². The number of hydrogen-bond donors (Lipinski definition) is 1. The monoisotopic (exact) mass is 381 g/mol. The van der Waals surface area contributed by atoms with E-state index in [1.54, 1.807) is 29.2 Å². The minimum absolute atomic E-state index is 0.0121. The Kier molecular flexibility index (Phi) is 3.01. The fourth-order valence-electron chi connectivity index (χ4n) is 1.98. The summed E-state index contributed by atoms with van der Waals surface area (Å²) in [5, 5.41) is 16.0. The van der Waals surface area contributed by atoms with Crippen molar-refractivity contribution in [2.75, 3.05) is 5.73 Å². The maximum atomic E-state index is 10.8. The maximum absolute atomic E-state index is 10.8. The zero-order valence-electron chi connectivity index (χ0n) is 10.0. The molecule has 0 aliphatic heterocycles. The molecule has 0 fully saturated rings. The normalized spacial score (nSPS) is 10.8. The quantitative estimate of drug-likeness (QED) is 0.418. The molecule has 0 atom stereocenters. The van der Waals surface area contributed by atoms with E-state index in [1.165, 1.54) is 12.1 Å². The topological polar surface area (TPSA) is 99.9 Å². The van der Waals surface area contributed by atoms with Crippen LogP contribution in [0.25, 0.3) is 16.6 Å². The predicted octanol–water partition coefficient (Wildman–Crippen LogP) is 2.52. The number of fused-ring (bicyclic) bond motifs is 1. The number of rotatable bonds is 2. The Hall–Kier alpha value is -2.23. The van der Waals surface area contributed by atoms with Gasteiger partial charge in [0.25, 0.3) is 5.69 Å². The van der Waals surface area contributed by atoms with Gasteiger partial charge in [-0.05, 0) is 28.7 Å². The maximum Gasteiger partial charge on any atom is 0.271 e. The Morgan fingerprint density at radius 2 is 2.15 bits per heavy atom. The molecule has 8 heteroatoms. The molecule has 0 saturated carbocycles. The van der Waals surface area contributed by atoms with Crippen molar-refractivity contribution >= 4 is 44.9 Å². The second-order valence-electron chi connectivity index (χ2n) is 4.10. The van der Waals surface area contributed by atoms with Gasteiger partial charge in [-0.2, -0.15) is 5.10 Å². The molecular weight excluding hydrogens is 373 g/mol. The summed E-state index contributed by atoms with van der Waals surface area (Å²) < 4.78 is 2.33. The van der Waals surface area contributed by atoms with Gasteiger partial charge in [-0.15, -0.1) is 0 Å². The van der Waals surface area contributed by atoms with Crippen LogP contribution in [0.1, 0.15) is 0 Å². The SMILES string of the molecule is Nc1cncc2c1c(I)nn2-c1cccc([N+](=O)[O-])c1. The lowest BCUT2D eigenvalue weighted by Gasteiger charge is -2.03. The Morgan fingerprint density at radius 3 is 2.90 bits per heavy atom. The van der Waals surface area contributed by atoms with Crippen LogP contribution in [0.2, 0.25) is 0 Å². The molecule has 3 rings (SSSR count). The van der Waals surface area contributed by atoms with Crippen molar-refractivity contribution in [3.8, 4) is 5.69 Å². The minimum atomic E-state index is -0.438. The Bertz CT molecular complexity index is 830. The summed E-state index contributed by atoms with van der Waals surface area (Å²) in [7, 11) is 0. The number of anilines is 1. The second-order valence-corrected chi connectivity index (χ2v) is 5.12. The summed E-state index contributed by atoms with van der Waals surface area (Å²) in [6.07, 6.45) is 3.20. The lowest BCUT2D eigenvalue weighted by molar-refractivity contribution is -0.384. The van der Waals surface area contributed by atoms with Crippen LogP contribution in [0.4, 0.5) is 11.4 Å². The van der Waals surface area contributed by atoms with E-state index < -0.39 is 4.92 Å². The molecule has 0 bridgehead atoms. The lowest BCUT2D eigenvalue weighted by atomic mass is 10.2. The summed E-state index contributed by atoms with van der Waals surface area (Å²) in [6.45, 7) is 0. The van der Waals surface area contributed by atoms with Gasteiger partial charge in [0.05, 0.1) is 39.6 Å². The van der Waals surface area contributed by atoms with Gasteiger partial charge in [0, 0.05) is 12.1 Å². The van der Waals surface area contributed by atoms with E-state index in [9.17, 15) is 10.1 Å². The number of nitrogens with zero attached hydrogens (tertiary/aromatic N) is 4. The zero-order chi connectivity index (χ0) is 14.3. The highest BCUT2D eigenvalue weighted by Gasteiger charge is 2.14. The molecule has 0 amide bonds. The van der Waals surface area contributed by atoms with E-state index in [0.717, 1.165) is 14.6 Å². The van der Waals surface area contributed by atoms with Crippen molar-refractivity contribution in [3.05, 3.63) is 50.5 Å². The van der Waals surface area contributed by atoms with Crippen molar-refractivity contribution < 1.29 is 4.92 Å². The third-order valence-electron chi connectivity index (χ3n) is 2.86. The lowest BCUT2D eigenvalue weighted by Crippen LogP contribution is -1.98. The molecule has 0 saturated heterocycles. The summed E-state index contributed by atoms with van der Waals surface area (Å²) in [6, 6.07) is 6.27. The number of hydrogen-bond acceptors (Lipinski definition) is 5. The molecule has 2 N–H and O–H groups in total. The van der Waals surface area contributed by atoms with Gasteiger partial charge in [-0.3, -0.25) is 15.1 Å². The van der Waals surface area contributed by atoms with E-state index >= 15 is 0 Å². The molecule has 2 aromatic heterocycles. The highest BCUT2D eigenvalue weighted by atomic mass is 127.